The average molecular weight is 392 g/mol. The van der Waals surface area contributed by atoms with Gasteiger partial charge in [0.1, 0.15) is 12.1 Å². The lowest BCUT2D eigenvalue weighted by atomic mass is 10.2. The van der Waals surface area contributed by atoms with E-state index in [-0.39, 0.29) is 0 Å². The van der Waals surface area contributed by atoms with E-state index in [4.69, 9.17) is 16.3 Å². The Morgan fingerprint density at radius 1 is 0.964 bits per heavy atom. The van der Waals surface area contributed by atoms with Crippen molar-refractivity contribution in [1.82, 2.24) is 34.6 Å². The SMILES string of the molecule is COc1ccc(-c2nnc3c4nnn(Cc5ccccc5Cl)c4ncn23)cc1. The Bertz CT molecular complexity index is 1290. The lowest BCUT2D eigenvalue weighted by Gasteiger charge is -2.05. The fourth-order valence-electron chi connectivity index (χ4n) is 3.09. The predicted molar refractivity (Wildman–Crippen MR) is 104 cm³/mol. The van der Waals surface area contributed by atoms with Gasteiger partial charge < -0.3 is 4.74 Å². The van der Waals surface area contributed by atoms with E-state index < -0.39 is 0 Å². The molecule has 0 saturated heterocycles. The van der Waals surface area contributed by atoms with Gasteiger partial charge in [0.15, 0.2) is 22.6 Å². The maximum Gasteiger partial charge on any atom is 0.194 e. The summed E-state index contributed by atoms with van der Waals surface area (Å²) in [6, 6.07) is 15.2. The van der Waals surface area contributed by atoms with Crippen LogP contribution in [0.25, 0.3) is 28.2 Å². The zero-order valence-electron chi connectivity index (χ0n) is 14.8. The number of rotatable bonds is 4. The molecule has 0 amide bonds. The number of benzene rings is 2. The van der Waals surface area contributed by atoms with E-state index in [1.54, 1.807) is 22.5 Å². The average Bonchev–Trinajstić information content (AvgIpc) is 3.34. The molecule has 0 saturated carbocycles. The van der Waals surface area contributed by atoms with Crippen molar-refractivity contribution < 1.29 is 4.74 Å². The van der Waals surface area contributed by atoms with Gasteiger partial charge in [0.05, 0.1) is 13.7 Å². The lowest BCUT2D eigenvalue weighted by Crippen LogP contribution is -2.04. The highest BCUT2D eigenvalue weighted by Gasteiger charge is 2.16. The monoisotopic (exact) mass is 391 g/mol. The summed E-state index contributed by atoms with van der Waals surface area (Å²) < 4.78 is 8.72. The van der Waals surface area contributed by atoms with Crippen molar-refractivity contribution in [3.8, 4) is 17.1 Å². The Labute approximate surface area is 164 Å². The van der Waals surface area contributed by atoms with Crippen molar-refractivity contribution >= 4 is 28.4 Å². The van der Waals surface area contributed by atoms with Crippen LogP contribution in [0, 0.1) is 0 Å². The highest BCUT2D eigenvalue weighted by molar-refractivity contribution is 6.31. The molecule has 0 spiro atoms. The van der Waals surface area contributed by atoms with Gasteiger partial charge >= 0.3 is 0 Å². The van der Waals surface area contributed by atoms with Gasteiger partial charge in [-0.3, -0.25) is 4.40 Å². The third kappa shape index (κ3) is 2.66. The van der Waals surface area contributed by atoms with Crippen LogP contribution >= 0.6 is 11.6 Å². The molecule has 5 rings (SSSR count). The van der Waals surface area contributed by atoms with Crippen LogP contribution in [0.15, 0.2) is 54.9 Å². The van der Waals surface area contributed by atoms with Crippen molar-refractivity contribution in [1.29, 1.82) is 0 Å². The summed E-state index contributed by atoms with van der Waals surface area (Å²) in [5, 5.41) is 17.8. The molecule has 0 unspecified atom stereocenters. The van der Waals surface area contributed by atoms with Crippen LogP contribution in [-0.4, -0.2) is 41.7 Å². The summed E-state index contributed by atoms with van der Waals surface area (Å²) in [7, 11) is 1.63. The molecule has 0 bridgehead atoms. The molecule has 3 heterocycles. The molecular formula is C19H14ClN7O. The number of hydrogen-bond donors (Lipinski definition) is 0. The van der Waals surface area contributed by atoms with E-state index >= 15 is 0 Å². The maximum absolute atomic E-state index is 6.26. The first kappa shape index (κ1) is 16.6. The molecule has 8 nitrogen and oxygen atoms in total. The minimum Gasteiger partial charge on any atom is -0.497 e. The first-order valence-electron chi connectivity index (χ1n) is 8.55. The van der Waals surface area contributed by atoms with E-state index in [2.05, 4.69) is 25.5 Å². The van der Waals surface area contributed by atoms with Crippen molar-refractivity contribution in [2.45, 2.75) is 6.54 Å². The van der Waals surface area contributed by atoms with E-state index in [0.29, 0.717) is 34.2 Å². The molecule has 28 heavy (non-hydrogen) atoms. The summed E-state index contributed by atoms with van der Waals surface area (Å²) in [5.41, 5.74) is 3.65. The molecule has 0 fully saturated rings. The van der Waals surface area contributed by atoms with E-state index in [1.807, 2.05) is 48.5 Å². The fraction of sp³-hybridized carbons (Fsp3) is 0.105. The zero-order chi connectivity index (χ0) is 19.1. The Kier molecular flexibility index (Phi) is 3.91. The first-order valence-corrected chi connectivity index (χ1v) is 8.93. The second-order valence-electron chi connectivity index (χ2n) is 6.20. The van der Waals surface area contributed by atoms with Gasteiger partial charge in [-0.15, -0.1) is 15.3 Å². The minimum absolute atomic E-state index is 0.471. The standard InChI is InChI=1S/C19H14ClN7O/c1-28-14-8-6-12(7-9-14)17-23-24-19-16-18(21-11-26(17)19)27(25-22-16)10-13-4-2-3-5-15(13)20/h2-9,11H,10H2,1H3. The van der Waals surface area contributed by atoms with Gasteiger partial charge in [-0.1, -0.05) is 35.0 Å². The van der Waals surface area contributed by atoms with Gasteiger partial charge in [-0.2, -0.15) is 0 Å². The van der Waals surface area contributed by atoms with Crippen LogP contribution in [-0.2, 0) is 6.54 Å². The van der Waals surface area contributed by atoms with Crippen molar-refractivity contribution in [2.24, 2.45) is 0 Å². The van der Waals surface area contributed by atoms with Gasteiger partial charge in [0.25, 0.3) is 0 Å². The number of aromatic nitrogens is 7. The second kappa shape index (κ2) is 6.58. The number of ether oxygens (including phenoxy) is 1. The molecule has 138 valence electrons. The minimum atomic E-state index is 0.471. The molecular weight excluding hydrogens is 378 g/mol. The van der Waals surface area contributed by atoms with Gasteiger partial charge in [-0.05, 0) is 35.9 Å². The third-order valence-electron chi connectivity index (χ3n) is 4.54. The maximum atomic E-state index is 6.26. The number of fused-ring (bicyclic) bond motifs is 3. The van der Waals surface area contributed by atoms with Gasteiger partial charge in [-0.25, -0.2) is 9.67 Å². The van der Waals surface area contributed by atoms with Crippen molar-refractivity contribution in [3.05, 3.63) is 65.4 Å². The third-order valence-corrected chi connectivity index (χ3v) is 4.91. The zero-order valence-corrected chi connectivity index (χ0v) is 15.6. The summed E-state index contributed by atoms with van der Waals surface area (Å²) in [6.45, 7) is 0.471. The first-order chi connectivity index (χ1) is 13.7. The van der Waals surface area contributed by atoms with E-state index in [0.717, 1.165) is 16.9 Å². The lowest BCUT2D eigenvalue weighted by molar-refractivity contribution is 0.415. The van der Waals surface area contributed by atoms with Crippen LogP contribution in [0.2, 0.25) is 5.02 Å². The van der Waals surface area contributed by atoms with Crippen LogP contribution < -0.4 is 4.74 Å². The molecule has 2 aromatic carbocycles. The van der Waals surface area contributed by atoms with Crippen molar-refractivity contribution in [2.75, 3.05) is 7.11 Å². The summed E-state index contributed by atoms with van der Waals surface area (Å²) in [5.74, 6) is 1.45. The normalized spacial score (nSPS) is 11.4. The van der Waals surface area contributed by atoms with Crippen LogP contribution in [0.3, 0.4) is 0 Å². The Morgan fingerprint density at radius 2 is 1.79 bits per heavy atom. The molecule has 0 radical (unpaired) electrons. The van der Waals surface area contributed by atoms with Crippen LogP contribution in [0.1, 0.15) is 5.56 Å². The molecule has 0 atom stereocenters. The fourth-order valence-corrected chi connectivity index (χ4v) is 3.28. The van der Waals surface area contributed by atoms with Crippen LogP contribution in [0.4, 0.5) is 0 Å². The molecule has 0 aliphatic heterocycles. The van der Waals surface area contributed by atoms with Gasteiger partial charge in [0, 0.05) is 10.6 Å². The quantitative estimate of drug-likeness (QED) is 0.467. The summed E-state index contributed by atoms with van der Waals surface area (Å²) in [6.07, 6.45) is 1.68. The highest BCUT2D eigenvalue weighted by Crippen LogP contribution is 2.24. The van der Waals surface area contributed by atoms with Crippen molar-refractivity contribution in [3.63, 3.8) is 0 Å². The molecule has 0 N–H and O–H groups in total. The number of methoxy groups -OCH3 is 1. The van der Waals surface area contributed by atoms with Gasteiger partial charge in [0.2, 0.25) is 0 Å². The Balaban J connectivity index is 1.59. The highest BCUT2D eigenvalue weighted by atomic mass is 35.5. The largest absolute Gasteiger partial charge is 0.497 e. The Hall–Kier alpha value is -3.52. The molecule has 0 aliphatic rings. The number of hydrogen-bond acceptors (Lipinski definition) is 6. The molecule has 0 aliphatic carbocycles. The second-order valence-corrected chi connectivity index (χ2v) is 6.61. The van der Waals surface area contributed by atoms with E-state index in [9.17, 15) is 0 Å². The predicted octanol–water partition coefficient (Wildman–Crippen LogP) is 3.25. The van der Waals surface area contributed by atoms with Crippen LogP contribution in [0.5, 0.6) is 5.75 Å². The van der Waals surface area contributed by atoms with E-state index in [1.165, 1.54) is 0 Å². The molecule has 9 heteroatoms. The number of nitrogens with zero attached hydrogens (tertiary/aromatic N) is 7. The number of halogens is 1. The Morgan fingerprint density at radius 3 is 2.57 bits per heavy atom. The molecule has 5 aromatic rings. The smallest absolute Gasteiger partial charge is 0.194 e. The topological polar surface area (TPSA) is 83.0 Å². The summed E-state index contributed by atoms with van der Waals surface area (Å²) in [4.78, 5) is 4.54. The molecule has 3 aromatic heterocycles. The summed E-state index contributed by atoms with van der Waals surface area (Å²) >= 11 is 6.26.